The van der Waals surface area contributed by atoms with Gasteiger partial charge in [0.25, 0.3) is 0 Å². The summed E-state index contributed by atoms with van der Waals surface area (Å²) < 4.78 is 5.85. The molecular formula is C21H37N3O2. The smallest absolute Gasteiger partial charge is 0.315 e. The van der Waals surface area contributed by atoms with Gasteiger partial charge in [-0.15, -0.1) is 0 Å². The van der Waals surface area contributed by atoms with Crippen molar-refractivity contribution < 1.29 is 9.53 Å². The summed E-state index contributed by atoms with van der Waals surface area (Å²) in [6.07, 6.45) is 7.32. The Labute approximate surface area is 158 Å². The zero-order valence-corrected chi connectivity index (χ0v) is 17.0. The second-order valence-electron chi connectivity index (χ2n) is 10.3. The molecule has 4 aliphatic carbocycles. The Kier molecular flexibility index (Phi) is 4.98. The highest BCUT2D eigenvalue weighted by molar-refractivity contribution is 5.74. The summed E-state index contributed by atoms with van der Waals surface area (Å²) in [7, 11) is 0. The standard InChI is InChI=1S/C21H37N3O2/c1-13-10-24(11-14(2)26-13)21(3,4)12-22-20(25)23-19-17-6-15-5-16(8-17)9-18(19)7-15/h13-19H,5-12H2,1-4H3,(H2,22,23,25). The normalized spacial score (nSPS) is 42.7. The van der Waals surface area contributed by atoms with Crippen molar-refractivity contribution in [1.82, 2.24) is 15.5 Å². The molecule has 2 amide bonds. The summed E-state index contributed by atoms with van der Waals surface area (Å²) in [6, 6.07) is 0.444. The van der Waals surface area contributed by atoms with Crippen molar-refractivity contribution in [2.24, 2.45) is 23.7 Å². The molecule has 2 N–H and O–H groups in total. The number of urea groups is 1. The maximum absolute atomic E-state index is 12.6. The molecule has 5 fully saturated rings. The van der Waals surface area contributed by atoms with Crippen molar-refractivity contribution in [3.05, 3.63) is 0 Å². The topological polar surface area (TPSA) is 53.6 Å². The van der Waals surface area contributed by atoms with E-state index in [0.717, 1.165) is 36.8 Å². The first kappa shape index (κ1) is 18.5. The van der Waals surface area contributed by atoms with Crippen molar-refractivity contribution in [3.8, 4) is 0 Å². The number of carbonyl (C=O) groups is 1. The molecule has 1 heterocycles. The van der Waals surface area contributed by atoms with E-state index in [1.807, 2.05) is 0 Å². The van der Waals surface area contributed by atoms with Crippen LogP contribution >= 0.6 is 0 Å². The van der Waals surface area contributed by atoms with Crippen molar-refractivity contribution in [3.63, 3.8) is 0 Å². The van der Waals surface area contributed by atoms with Gasteiger partial charge in [-0.1, -0.05) is 0 Å². The van der Waals surface area contributed by atoms with Crippen LogP contribution in [0.25, 0.3) is 0 Å². The molecular weight excluding hydrogens is 326 g/mol. The lowest BCUT2D eigenvalue weighted by Crippen LogP contribution is -2.61. The first-order valence-corrected chi connectivity index (χ1v) is 10.7. The Hall–Kier alpha value is -0.810. The first-order valence-electron chi connectivity index (χ1n) is 10.7. The molecule has 2 unspecified atom stereocenters. The Balaban J connectivity index is 1.28. The summed E-state index contributed by atoms with van der Waals surface area (Å²) in [5.41, 5.74) is -0.0618. The summed E-state index contributed by atoms with van der Waals surface area (Å²) in [5.74, 6) is 3.35. The van der Waals surface area contributed by atoms with Crippen molar-refractivity contribution in [1.29, 1.82) is 0 Å². The van der Waals surface area contributed by atoms with E-state index in [-0.39, 0.29) is 23.8 Å². The minimum atomic E-state index is -0.0618. The minimum Gasteiger partial charge on any atom is -0.373 e. The average molecular weight is 364 g/mol. The van der Waals surface area contributed by atoms with Gasteiger partial charge >= 0.3 is 6.03 Å². The van der Waals surface area contributed by atoms with Gasteiger partial charge in [-0.2, -0.15) is 0 Å². The van der Waals surface area contributed by atoms with Crippen LogP contribution in [-0.4, -0.2) is 54.4 Å². The predicted molar refractivity (Wildman–Crippen MR) is 103 cm³/mol. The summed E-state index contributed by atoms with van der Waals surface area (Å²) in [4.78, 5) is 15.1. The molecule has 1 saturated heterocycles. The van der Waals surface area contributed by atoms with Crippen LogP contribution in [0.4, 0.5) is 4.79 Å². The summed E-state index contributed by atoms with van der Waals surface area (Å²) in [5, 5.41) is 6.54. The van der Waals surface area contributed by atoms with Gasteiger partial charge in [0, 0.05) is 31.2 Å². The second-order valence-corrected chi connectivity index (χ2v) is 10.3. The monoisotopic (exact) mass is 363 g/mol. The van der Waals surface area contributed by atoms with E-state index in [1.54, 1.807) is 0 Å². The molecule has 26 heavy (non-hydrogen) atoms. The Morgan fingerprint density at radius 1 is 1.00 bits per heavy atom. The molecule has 0 spiro atoms. The number of hydrogen-bond acceptors (Lipinski definition) is 3. The SMILES string of the molecule is CC1CN(C(C)(C)CNC(=O)NC2C3CC4CC(C3)CC2C4)CC(C)O1. The quantitative estimate of drug-likeness (QED) is 0.807. The Morgan fingerprint density at radius 2 is 1.54 bits per heavy atom. The molecule has 5 aliphatic rings. The Morgan fingerprint density at radius 3 is 2.08 bits per heavy atom. The van der Waals surface area contributed by atoms with Crippen LogP contribution in [0, 0.1) is 23.7 Å². The van der Waals surface area contributed by atoms with Crippen LogP contribution in [0.5, 0.6) is 0 Å². The number of nitrogens with one attached hydrogen (secondary N) is 2. The lowest BCUT2D eigenvalue weighted by atomic mass is 9.54. The van der Waals surface area contributed by atoms with Crippen LogP contribution in [0.3, 0.4) is 0 Å². The largest absolute Gasteiger partial charge is 0.373 e. The second kappa shape index (κ2) is 6.97. The Bertz CT molecular complexity index is 497. The molecule has 2 atom stereocenters. The van der Waals surface area contributed by atoms with E-state index in [4.69, 9.17) is 4.74 Å². The van der Waals surface area contributed by atoms with E-state index in [2.05, 4.69) is 43.2 Å². The summed E-state index contributed by atoms with van der Waals surface area (Å²) >= 11 is 0. The lowest BCUT2D eigenvalue weighted by molar-refractivity contribution is -0.0948. The molecule has 5 rings (SSSR count). The fourth-order valence-electron chi connectivity index (χ4n) is 6.44. The van der Waals surface area contributed by atoms with Gasteiger partial charge in [0.2, 0.25) is 0 Å². The van der Waals surface area contributed by atoms with Gasteiger partial charge in [-0.05, 0) is 83.5 Å². The van der Waals surface area contributed by atoms with E-state index in [9.17, 15) is 4.79 Å². The van der Waals surface area contributed by atoms with E-state index in [0.29, 0.717) is 12.6 Å². The van der Waals surface area contributed by atoms with Crippen LogP contribution in [-0.2, 0) is 4.74 Å². The average Bonchev–Trinajstić information content (AvgIpc) is 2.55. The van der Waals surface area contributed by atoms with Crippen molar-refractivity contribution >= 4 is 6.03 Å². The van der Waals surface area contributed by atoms with Gasteiger partial charge in [0.1, 0.15) is 0 Å². The van der Waals surface area contributed by atoms with E-state index >= 15 is 0 Å². The highest BCUT2D eigenvalue weighted by atomic mass is 16.5. The third-order valence-electron chi connectivity index (χ3n) is 7.48. The molecule has 5 nitrogen and oxygen atoms in total. The molecule has 5 heteroatoms. The molecule has 148 valence electrons. The van der Waals surface area contributed by atoms with Crippen molar-refractivity contribution in [2.75, 3.05) is 19.6 Å². The van der Waals surface area contributed by atoms with Crippen molar-refractivity contribution in [2.45, 2.75) is 83.6 Å². The minimum absolute atomic E-state index is 0.0323. The molecule has 4 bridgehead atoms. The first-order chi connectivity index (χ1) is 12.3. The zero-order valence-electron chi connectivity index (χ0n) is 17.0. The summed E-state index contributed by atoms with van der Waals surface area (Å²) in [6.45, 7) is 11.2. The highest BCUT2D eigenvalue weighted by Gasteiger charge is 2.48. The van der Waals surface area contributed by atoms with Gasteiger partial charge in [-0.3, -0.25) is 4.90 Å². The molecule has 0 aromatic carbocycles. The van der Waals surface area contributed by atoms with Gasteiger partial charge in [-0.25, -0.2) is 4.79 Å². The number of rotatable bonds is 4. The van der Waals surface area contributed by atoms with E-state index in [1.165, 1.54) is 32.1 Å². The highest BCUT2D eigenvalue weighted by Crippen LogP contribution is 2.53. The number of hydrogen-bond donors (Lipinski definition) is 2. The maximum Gasteiger partial charge on any atom is 0.315 e. The molecule has 0 radical (unpaired) electrons. The fourth-order valence-corrected chi connectivity index (χ4v) is 6.44. The van der Waals surface area contributed by atoms with E-state index < -0.39 is 0 Å². The van der Waals surface area contributed by atoms with Crippen LogP contribution < -0.4 is 10.6 Å². The van der Waals surface area contributed by atoms with Gasteiger partial charge < -0.3 is 15.4 Å². The number of ether oxygens (including phenoxy) is 1. The van der Waals surface area contributed by atoms with Gasteiger partial charge in [0.15, 0.2) is 0 Å². The lowest BCUT2D eigenvalue weighted by Gasteiger charge is -2.54. The number of amides is 2. The van der Waals surface area contributed by atoms with Gasteiger partial charge in [0.05, 0.1) is 12.2 Å². The number of morpholine rings is 1. The van der Waals surface area contributed by atoms with Crippen LogP contribution in [0.1, 0.15) is 59.8 Å². The molecule has 1 aliphatic heterocycles. The maximum atomic E-state index is 12.6. The number of carbonyl (C=O) groups excluding carboxylic acids is 1. The fraction of sp³-hybridized carbons (Fsp3) is 0.952. The van der Waals surface area contributed by atoms with Crippen LogP contribution in [0.15, 0.2) is 0 Å². The molecule has 4 saturated carbocycles. The third-order valence-corrected chi connectivity index (χ3v) is 7.48. The zero-order chi connectivity index (χ0) is 18.5. The van der Waals surface area contributed by atoms with Crippen LogP contribution in [0.2, 0.25) is 0 Å². The third kappa shape index (κ3) is 3.75. The number of nitrogens with zero attached hydrogens (tertiary/aromatic N) is 1. The predicted octanol–water partition coefficient (Wildman–Crippen LogP) is 3.00. The molecule has 0 aromatic rings. The molecule has 0 aromatic heterocycles.